The van der Waals surface area contributed by atoms with E-state index < -0.39 is 4.92 Å². The Morgan fingerprint density at radius 3 is 2.92 bits per heavy atom. The van der Waals surface area contributed by atoms with Gasteiger partial charge in [-0.05, 0) is 18.9 Å². The number of nitrogens with one attached hydrogen (secondary N) is 1. The van der Waals surface area contributed by atoms with Crippen LogP contribution in [0.25, 0.3) is 10.9 Å². The number of fused-ring (bicyclic) bond motifs is 1. The highest BCUT2D eigenvalue weighted by atomic mass is 35.5. The van der Waals surface area contributed by atoms with Gasteiger partial charge in [0, 0.05) is 29.9 Å². The first-order valence-corrected chi connectivity index (χ1v) is 7.97. The first-order valence-electron chi connectivity index (χ1n) is 7.59. The van der Waals surface area contributed by atoms with E-state index in [0.29, 0.717) is 27.7 Å². The molecule has 24 heavy (non-hydrogen) atoms. The number of pyridine rings is 1. The van der Waals surface area contributed by atoms with Crippen molar-refractivity contribution < 1.29 is 4.92 Å². The summed E-state index contributed by atoms with van der Waals surface area (Å²) < 4.78 is 2.06. The third kappa shape index (κ3) is 2.46. The van der Waals surface area contributed by atoms with E-state index in [9.17, 15) is 10.1 Å². The highest BCUT2D eigenvalue weighted by Gasteiger charge is 2.32. The maximum absolute atomic E-state index is 11.4. The maximum atomic E-state index is 11.4. The highest BCUT2D eigenvalue weighted by molar-refractivity contribution is 6.35. The van der Waals surface area contributed by atoms with Crippen molar-refractivity contribution in [2.24, 2.45) is 0 Å². The van der Waals surface area contributed by atoms with Crippen molar-refractivity contribution in [2.75, 3.05) is 5.32 Å². The van der Waals surface area contributed by atoms with E-state index >= 15 is 0 Å². The Morgan fingerprint density at radius 2 is 2.21 bits per heavy atom. The van der Waals surface area contributed by atoms with Crippen LogP contribution in [0.3, 0.4) is 0 Å². The third-order valence-corrected chi connectivity index (χ3v) is 4.74. The molecule has 7 nitrogen and oxygen atoms in total. The second-order valence-electron chi connectivity index (χ2n) is 5.89. The average molecular weight is 344 g/mol. The van der Waals surface area contributed by atoms with Gasteiger partial charge >= 0.3 is 5.69 Å². The lowest BCUT2D eigenvalue weighted by atomic mass is 9.86. The summed E-state index contributed by atoms with van der Waals surface area (Å²) in [4.78, 5) is 19.2. The van der Waals surface area contributed by atoms with E-state index in [1.807, 2.05) is 6.20 Å². The molecular formula is C16H14ClN5O2. The molecule has 1 fully saturated rings. The SMILES string of the molecule is O=[N+]([O-])c1cnc2c(Cl)cccc2c1NC1CC(n2ccnc2)C1. The number of rotatable bonds is 4. The van der Waals surface area contributed by atoms with Crippen molar-refractivity contribution in [1.29, 1.82) is 0 Å². The first-order chi connectivity index (χ1) is 11.6. The van der Waals surface area contributed by atoms with Crippen molar-refractivity contribution >= 4 is 33.9 Å². The molecular weight excluding hydrogens is 330 g/mol. The molecule has 4 rings (SSSR count). The van der Waals surface area contributed by atoms with E-state index in [1.54, 1.807) is 30.7 Å². The Balaban J connectivity index is 1.64. The molecule has 0 aliphatic heterocycles. The molecule has 1 aliphatic carbocycles. The summed E-state index contributed by atoms with van der Waals surface area (Å²) >= 11 is 6.17. The molecule has 2 aromatic heterocycles. The Kier molecular flexibility index (Phi) is 3.57. The van der Waals surface area contributed by atoms with Gasteiger partial charge in [0.25, 0.3) is 0 Å². The molecule has 0 bridgehead atoms. The van der Waals surface area contributed by atoms with Crippen molar-refractivity contribution in [1.82, 2.24) is 14.5 Å². The molecule has 0 amide bonds. The second-order valence-corrected chi connectivity index (χ2v) is 6.30. The molecule has 0 atom stereocenters. The lowest BCUT2D eigenvalue weighted by Gasteiger charge is -2.37. The van der Waals surface area contributed by atoms with Gasteiger partial charge in [-0.2, -0.15) is 0 Å². The highest BCUT2D eigenvalue weighted by Crippen LogP contribution is 2.39. The van der Waals surface area contributed by atoms with E-state index in [-0.39, 0.29) is 11.7 Å². The van der Waals surface area contributed by atoms with Gasteiger partial charge in [0.2, 0.25) is 0 Å². The van der Waals surface area contributed by atoms with Gasteiger partial charge in [0.15, 0.2) is 0 Å². The average Bonchev–Trinajstić information content (AvgIpc) is 3.04. The molecule has 0 unspecified atom stereocenters. The lowest BCUT2D eigenvalue weighted by Crippen LogP contribution is -2.36. The van der Waals surface area contributed by atoms with Crippen LogP contribution >= 0.6 is 11.6 Å². The summed E-state index contributed by atoms with van der Waals surface area (Å²) in [6, 6.07) is 5.85. The summed E-state index contributed by atoms with van der Waals surface area (Å²) in [6.45, 7) is 0. The summed E-state index contributed by atoms with van der Waals surface area (Å²) in [7, 11) is 0. The minimum absolute atomic E-state index is 0.0316. The van der Waals surface area contributed by atoms with Crippen LogP contribution in [-0.2, 0) is 0 Å². The van der Waals surface area contributed by atoms with Gasteiger partial charge in [0.05, 0.1) is 21.8 Å². The Bertz CT molecular complexity index is 906. The summed E-state index contributed by atoms with van der Waals surface area (Å²) in [5.74, 6) is 0. The minimum atomic E-state index is -0.415. The number of halogens is 1. The number of nitrogens with zero attached hydrogens (tertiary/aromatic N) is 4. The molecule has 3 aromatic rings. The fraction of sp³-hybridized carbons (Fsp3) is 0.250. The predicted molar refractivity (Wildman–Crippen MR) is 91.3 cm³/mol. The van der Waals surface area contributed by atoms with Crippen molar-refractivity contribution in [3.8, 4) is 0 Å². The molecule has 122 valence electrons. The van der Waals surface area contributed by atoms with E-state index in [1.165, 1.54) is 6.20 Å². The van der Waals surface area contributed by atoms with Gasteiger partial charge in [-0.25, -0.2) is 9.97 Å². The molecule has 0 radical (unpaired) electrons. The summed E-state index contributed by atoms with van der Waals surface area (Å²) in [5.41, 5.74) is 1.02. The van der Waals surface area contributed by atoms with E-state index in [2.05, 4.69) is 19.9 Å². The molecule has 1 N–H and O–H groups in total. The molecule has 8 heteroatoms. The van der Waals surface area contributed by atoms with Crippen molar-refractivity contribution in [3.05, 3.63) is 58.3 Å². The van der Waals surface area contributed by atoms with Crippen LogP contribution in [0.2, 0.25) is 5.02 Å². The smallest absolute Gasteiger partial charge is 0.311 e. The maximum Gasteiger partial charge on any atom is 0.311 e. The molecule has 1 aliphatic rings. The summed E-state index contributed by atoms with van der Waals surface area (Å²) in [6.07, 6.45) is 8.53. The number of aromatic nitrogens is 3. The van der Waals surface area contributed by atoms with Crippen LogP contribution in [0.1, 0.15) is 18.9 Å². The van der Waals surface area contributed by atoms with Crippen LogP contribution < -0.4 is 5.32 Å². The zero-order chi connectivity index (χ0) is 16.7. The topological polar surface area (TPSA) is 85.9 Å². The first kappa shape index (κ1) is 14.9. The van der Waals surface area contributed by atoms with Crippen molar-refractivity contribution in [3.63, 3.8) is 0 Å². The van der Waals surface area contributed by atoms with Crippen LogP contribution in [0, 0.1) is 10.1 Å². The van der Waals surface area contributed by atoms with Gasteiger partial charge < -0.3 is 9.88 Å². The minimum Gasteiger partial charge on any atom is -0.376 e. The number of para-hydroxylation sites is 1. The largest absolute Gasteiger partial charge is 0.376 e. The van der Waals surface area contributed by atoms with Crippen LogP contribution in [0.5, 0.6) is 0 Å². The number of benzene rings is 1. The number of imidazole rings is 1. The zero-order valence-electron chi connectivity index (χ0n) is 12.6. The quantitative estimate of drug-likeness (QED) is 0.575. The third-order valence-electron chi connectivity index (χ3n) is 4.43. The molecule has 0 saturated heterocycles. The Hall–Kier alpha value is -2.67. The number of nitro groups is 1. The number of hydrogen-bond acceptors (Lipinski definition) is 5. The standard InChI is InChI=1S/C16H14ClN5O2/c17-13-3-1-2-12-15(13)19-8-14(22(23)24)16(12)20-10-6-11(7-10)21-5-4-18-9-21/h1-5,8-11H,6-7H2,(H,19,20). The van der Waals surface area contributed by atoms with E-state index in [0.717, 1.165) is 12.8 Å². The Labute approximate surface area is 142 Å². The fourth-order valence-corrected chi connectivity index (χ4v) is 3.33. The lowest BCUT2D eigenvalue weighted by molar-refractivity contribution is -0.384. The van der Waals surface area contributed by atoms with Gasteiger partial charge in [-0.3, -0.25) is 10.1 Å². The van der Waals surface area contributed by atoms with Crippen LogP contribution in [0.15, 0.2) is 43.1 Å². The van der Waals surface area contributed by atoms with Gasteiger partial charge in [-0.15, -0.1) is 0 Å². The van der Waals surface area contributed by atoms with Crippen molar-refractivity contribution in [2.45, 2.75) is 24.9 Å². The summed E-state index contributed by atoms with van der Waals surface area (Å²) in [5, 5.41) is 15.8. The number of hydrogen-bond donors (Lipinski definition) is 1. The molecule has 1 saturated carbocycles. The molecule has 0 spiro atoms. The van der Waals surface area contributed by atoms with Crippen LogP contribution in [0.4, 0.5) is 11.4 Å². The van der Waals surface area contributed by atoms with Gasteiger partial charge in [0.1, 0.15) is 11.9 Å². The van der Waals surface area contributed by atoms with Gasteiger partial charge in [-0.1, -0.05) is 23.7 Å². The Morgan fingerprint density at radius 1 is 1.38 bits per heavy atom. The molecule has 1 aromatic carbocycles. The predicted octanol–water partition coefficient (Wildman–Crippen LogP) is 3.81. The zero-order valence-corrected chi connectivity index (χ0v) is 13.3. The van der Waals surface area contributed by atoms with E-state index in [4.69, 9.17) is 11.6 Å². The number of anilines is 1. The second kappa shape index (κ2) is 5.76. The normalized spacial score (nSPS) is 19.9. The fourth-order valence-electron chi connectivity index (χ4n) is 3.11. The molecule has 2 heterocycles. The van der Waals surface area contributed by atoms with Crippen LogP contribution in [-0.4, -0.2) is 25.5 Å². The monoisotopic (exact) mass is 343 g/mol.